The number of rotatable bonds is 5. The first-order valence-electron chi connectivity index (χ1n) is 6.79. The molecule has 118 valence electrons. The zero-order chi connectivity index (χ0) is 16.2. The number of benzene rings is 1. The number of alkyl halides is 3. The summed E-state index contributed by atoms with van der Waals surface area (Å²) in [6.07, 6.45) is -3.18. The van der Waals surface area contributed by atoms with E-state index in [0.717, 1.165) is 18.9 Å². The fraction of sp³-hybridized carbons (Fsp3) is 0.533. The minimum Gasteiger partial charge on any atom is -0.350 e. The SMILES string of the molecule is CC(C)CCC(C)NC(=O)c1ccc(F)c(C(F)(F)F)c1. The lowest BCUT2D eigenvalue weighted by Crippen LogP contribution is -2.33. The van der Waals surface area contributed by atoms with Crippen molar-refractivity contribution in [2.24, 2.45) is 5.92 Å². The summed E-state index contributed by atoms with van der Waals surface area (Å²) in [4.78, 5) is 11.9. The third kappa shape index (κ3) is 5.36. The molecule has 0 saturated carbocycles. The van der Waals surface area contributed by atoms with Crippen LogP contribution in [0.3, 0.4) is 0 Å². The molecule has 1 N–H and O–H groups in total. The van der Waals surface area contributed by atoms with Crippen LogP contribution in [0.4, 0.5) is 17.6 Å². The molecule has 2 nitrogen and oxygen atoms in total. The van der Waals surface area contributed by atoms with E-state index in [1.54, 1.807) is 6.92 Å². The van der Waals surface area contributed by atoms with Crippen LogP contribution in [0.5, 0.6) is 0 Å². The van der Waals surface area contributed by atoms with Crippen LogP contribution >= 0.6 is 0 Å². The Morgan fingerprint density at radius 2 is 1.81 bits per heavy atom. The van der Waals surface area contributed by atoms with Crippen molar-refractivity contribution in [2.45, 2.75) is 45.8 Å². The van der Waals surface area contributed by atoms with Gasteiger partial charge in [0.25, 0.3) is 5.91 Å². The van der Waals surface area contributed by atoms with E-state index in [1.165, 1.54) is 0 Å². The lowest BCUT2D eigenvalue weighted by Gasteiger charge is -2.16. The lowest BCUT2D eigenvalue weighted by atomic mass is 10.0. The molecule has 0 aliphatic carbocycles. The molecule has 0 bridgehead atoms. The van der Waals surface area contributed by atoms with Crippen LogP contribution in [0.2, 0.25) is 0 Å². The summed E-state index contributed by atoms with van der Waals surface area (Å²) in [5.41, 5.74) is -1.62. The summed E-state index contributed by atoms with van der Waals surface area (Å²) in [6.45, 7) is 5.88. The fourth-order valence-electron chi connectivity index (χ4n) is 1.85. The van der Waals surface area contributed by atoms with Gasteiger partial charge >= 0.3 is 6.18 Å². The van der Waals surface area contributed by atoms with E-state index in [-0.39, 0.29) is 11.6 Å². The van der Waals surface area contributed by atoms with E-state index in [1.807, 2.05) is 13.8 Å². The van der Waals surface area contributed by atoms with Crippen molar-refractivity contribution in [3.05, 3.63) is 35.1 Å². The maximum atomic E-state index is 13.1. The van der Waals surface area contributed by atoms with E-state index >= 15 is 0 Å². The third-order valence-electron chi connectivity index (χ3n) is 3.09. The zero-order valence-corrected chi connectivity index (χ0v) is 12.2. The molecule has 0 aliphatic rings. The second-order valence-corrected chi connectivity index (χ2v) is 5.54. The van der Waals surface area contributed by atoms with Crippen LogP contribution in [0.15, 0.2) is 18.2 Å². The average molecular weight is 305 g/mol. The molecule has 6 heteroatoms. The van der Waals surface area contributed by atoms with Crippen LogP contribution in [-0.2, 0) is 6.18 Å². The van der Waals surface area contributed by atoms with Crippen LogP contribution < -0.4 is 5.32 Å². The zero-order valence-electron chi connectivity index (χ0n) is 12.2. The molecule has 1 aromatic carbocycles. The second kappa shape index (κ2) is 6.91. The molecule has 1 amide bonds. The van der Waals surface area contributed by atoms with Gasteiger partial charge < -0.3 is 5.32 Å². The predicted molar refractivity (Wildman–Crippen MR) is 72.4 cm³/mol. The number of amides is 1. The highest BCUT2D eigenvalue weighted by atomic mass is 19.4. The Morgan fingerprint density at radius 3 is 2.33 bits per heavy atom. The number of halogens is 4. The Bertz CT molecular complexity index is 497. The van der Waals surface area contributed by atoms with Crippen molar-refractivity contribution in [1.82, 2.24) is 5.32 Å². The predicted octanol–water partition coefficient (Wildman–Crippen LogP) is 4.40. The van der Waals surface area contributed by atoms with Crippen LogP contribution in [0.1, 0.15) is 49.5 Å². The molecule has 1 rings (SSSR count). The summed E-state index contributed by atoms with van der Waals surface area (Å²) in [7, 11) is 0. The molecule has 0 fully saturated rings. The topological polar surface area (TPSA) is 29.1 Å². The van der Waals surface area contributed by atoms with Crippen molar-refractivity contribution >= 4 is 5.91 Å². The first-order valence-corrected chi connectivity index (χ1v) is 6.79. The smallest absolute Gasteiger partial charge is 0.350 e. The number of carbonyl (C=O) groups is 1. The molecule has 21 heavy (non-hydrogen) atoms. The molecule has 0 heterocycles. The van der Waals surface area contributed by atoms with E-state index in [0.29, 0.717) is 18.1 Å². The van der Waals surface area contributed by atoms with Crippen molar-refractivity contribution in [3.63, 3.8) is 0 Å². The lowest BCUT2D eigenvalue weighted by molar-refractivity contribution is -0.140. The van der Waals surface area contributed by atoms with Crippen molar-refractivity contribution in [3.8, 4) is 0 Å². The van der Waals surface area contributed by atoms with Crippen molar-refractivity contribution < 1.29 is 22.4 Å². The first kappa shape index (κ1) is 17.5. The second-order valence-electron chi connectivity index (χ2n) is 5.54. The Morgan fingerprint density at radius 1 is 1.19 bits per heavy atom. The molecule has 1 atom stereocenters. The Balaban J connectivity index is 2.79. The van der Waals surface area contributed by atoms with E-state index < -0.39 is 23.5 Å². The van der Waals surface area contributed by atoms with Gasteiger partial charge in [-0.1, -0.05) is 13.8 Å². The van der Waals surface area contributed by atoms with Gasteiger partial charge in [0.1, 0.15) is 5.82 Å². The van der Waals surface area contributed by atoms with Crippen molar-refractivity contribution in [2.75, 3.05) is 0 Å². The molecular weight excluding hydrogens is 286 g/mol. The summed E-state index contributed by atoms with van der Waals surface area (Å²) in [5, 5.41) is 2.62. The molecular formula is C15H19F4NO. The van der Waals surface area contributed by atoms with Crippen LogP contribution in [-0.4, -0.2) is 11.9 Å². The minimum atomic E-state index is -4.82. The van der Waals surface area contributed by atoms with Gasteiger partial charge in [0.05, 0.1) is 5.56 Å². The Labute approximate surface area is 121 Å². The molecule has 1 aromatic rings. The maximum absolute atomic E-state index is 13.1. The molecule has 0 radical (unpaired) electrons. The summed E-state index contributed by atoms with van der Waals surface area (Å²) in [5.74, 6) is -1.53. The van der Waals surface area contributed by atoms with E-state index in [4.69, 9.17) is 0 Å². The van der Waals surface area contributed by atoms with Gasteiger partial charge in [-0.05, 0) is 43.9 Å². The van der Waals surface area contributed by atoms with Crippen LogP contribution in [0, 0.1) is 11.7 Å². The number of carbonyl (C=O) groups excluding carboxylic acids is 1. The summed E-state index contributed by atoms with van der Waals surface area (Å²) >= 11 is 0. The quantitative estimate of drug-likeness (QED) is 0.803. The average Bonchev–Trinajstić information content (AvgIpc) is 2.35. The minimum absolute atomic E-state index is 0.153. The standard InChI is InChI=1S/C15H19F4NO/c1-9(2)4-5-10(3)20-14(21)11-6-7-13(16)12(8-11)15(17,18)19/h6-10H,4-5H2,1-3H3,(H,20,21). The number of hydrogen-bond donors (Lipinski definition) is 1. The molecule has 0 aliphatic heterocycles. The van der Waals surface area contributed by atoms with Gasteiger partial charge in [-0.25, -0.2) is 4.39 Å². The monoisotopic (exact) mass is 305 g/mol. The summed E-state index contributed by atoms with van der Waals surface area (Å²) in [6, 6.07) is 2.10. The Hall–Kier alpha value is -1.59. The molecule has 1 unspecified atom stereocenters. The maximum Gasteiger partial charge on any atom is 0.419 e. The largest absolute Gasteiger partial charge is 0.419 e. The number of hydrogen-bond acceptors (Lipinski definition) is 1. The van der Waals surface area contributed by atoms with Gasteiger partial charge in [0.15, 0.2) is 0 Å². The van der Waals surface area contributed by atoms with Gasteiger partial charge in [-0.2, -0.15) is 13.2 Å². The highest BCUT2D eigenvalue weighted by molar-refractivity contribution is 5.94. The van der Waals surface area contributed by atoms with Gasteiger partial charge in [0, 0.05) is 11.6 Å². The first-order chi connectivity index (χ1) is 9.61. The third-order valence-corrected chi connectivity index (χ3v) is 3.09. The van der Waals surface area contributed by atoms with Gasteiger partial charge in [-0.3, -0.25) is 4.79 Å². The molecule has 0 aromatic heterocycles. The van der Waals surface area contributed by atoms with Crippen molar-refractivity contribution in [1.29, 1.82) is 0 Å². The fourth-order valence-corrected chi connectivity index (χ4v) is 1.85. The highest BCUT2D eigenvalue weighted by Crippen LogP contribution is 2.31. The van der Waals surface area contributed by atoms with E-state index in [2.05, 4.69) is 5.32 Å². The van der Waals surface area contributed by atoms with Crippen LogP contribution in [0.25, 0.3) is 0 Å². The summed E-state index contributed by atoms with van der Waals surface area (Å²) < 4.78 is 50.9. The van der Waals surface area contributed by atoms with E-state index in [9.17, 15) is 22.4 Å². The highest BCUT2D eigenvalue weighted by Gasteiger charge is 2.34. The molecule has 0 spiro atoms. The number of nitrogens with one attached hydrogen (secondary N) is 1. The van der Waals surface area contributed by atoms with Gasteiger partial charge in [0.2, 0.25) is 0 Å². The van der Waals surface area contributed by atoms with Gasteiger partial charge in [-0.15, -0.1) is 0 Å². The molecule has 0 saturated heterocycles. The normalized spacial score (nSPS) is 13.3. The Kier molecular flexibility index (Phi) is 5.75.